The minimum absolute atomic E-state index is 0.00290. The molecule has 0 amide bonds. The Labute approximate surface area is 160 Å². The Morgan fingerprint density at radius 1 is 1.04 bits per heavy atom. The van der Waals surface area contributed by atoms with E-state index in [4.69, 9.17) is 4.74 Å². The quantitative estimate of drug-likeness (QED) is 0.663. The summed E-state index contributed by atoms with van der Waals surface area (Å²) in [7, 11) is 0. The molecule has 3 heteroatoms. The molecule has 2 atom stereocenters. The first-order chi connectivity index (χ1) is 11.9. The van der Waals surface area contributed by atoms with Crippen LogP contribution in [0.25, 0.3) is 0 Å². The van der Waals surface area contributed by atoms with Gasteiger partial charge >= 0.3 is 0 Å². The van der Waals surface area contributed by atoms with E-state index >= 15 is 0 Å². The van der Waals surface area contributed by atoms with Gasteiger partial charge in [-0.1, -0.05) is 54.5 Å². The van der Waals surface area contributed by atoms with Crippen LogP contribution in [0.3, 0.4) is 0 Å². The van der Waals surface area contributed by atoms with Gasteiger partial charge in [0.15, 0.2) is 0 Å². The van der Waals surface area contributed by atoms with Crippen molar-refractivity contribution in [3.05, 3.63) is 23.0 Å². The molecule has 0 saturated heterocycles. The highest BCUT2D eigenvalue weighted by atomic mass is 16.5. The molecule has 0 aromatic carbocycles. The van der Waals surface area contributed by atoms with Crippen LogP contribution in [0.5, 0.6) is 0 Å². The molecule has 0 heterocycles. The number of hydrogen-bond donors (Lipinski definition) is 2. The molecule has 2 aliphatic rings. The molecule has 2 unspecified atom stereocenters. The lowest BCUT2D eigenvalue weighted by Gasteiger charge is -2.37. The number of ether oxygens (including phenoxy) is 1. The van der Waals surface area contributed by atoms with Crippen LogP contribution in [0.15, 0.2) is 23.0 Å². The first kappa shape index (κ1) is 21.5. The topological polar surface area (TPSA) is 49.7 Å². The van der Waals surface area contributed by atoms with Crippen molar-refractivity contribution in [1.82, 2.24) is 0 Å². The summed E-state index contributed by atoms with van der Waals surface area (Å²) in [6, 6.07) is 0. The largest absolute Gasteiger partial charge is 0.508 e. The van der Waals surface area contributed by atoms with Gasteiger partial charge in [0.05, 0.1) is 18.8 Å². The highest BCUT2D eigenvalue weighted by Crippen LogP contribution is 2.44. The molecule has 0 aliphatic heterocycles. The van der Waals surface area contributed by atoms with Crippen LogP contribution in [0.1, 0.15) is 80.6 Å². The first-order valence-corrected chi connectivity index (χ1v) is 10.3. The van der Waals surface area contributed by atoms with E-state index in [0.717, 1.165) is 29.9 Å². The second-order valence-corrected chi connectivity index (χ2v) is 10.6. The van der Waals surface area contributed by atoms with Gasteiger partial charge in [-0.2, -0.15) is 0 Å². The van der Waals surface area contributed by atoms with Crippen LogP contribution < -0.4 is 0 Å². The van der Waals surface area contributed by atoms with Gasteiger partial charge in [-0.3, -0.25) is 0 Å². The van der Waals surface area contributed by atoms with Crippen LogP contribution in [0.2, 0.25) is 0 Å². The molecule has 0 radical (unpaired) electrons. The van der Waals surface area contributed by atoms with Crippen molar-refractivity contribution in [3.8, 4) is 0 Å². The number of aliphatic hydroxyl groups is 2. The molecule has 0 aromatic rings. The Morgan fingerprint density at radius 2 is 1.62 bits per heavy atom. The molecular weight excluding hydrogens is 324 g/mol. The number of hydrogen-bond acceptors (Lipinski definition) is 3. The second kappa shape index (κ2) is 8.06. The van der Waals surface area contributed by atoms with E-state index in [9.17, 15) is 10.2 Å². The minimum Gasteiger partial charge on any atom is -0.508 e. The molecule has 2 aliphatic carbocycles. The van der Waals surface area contributed by atoms with Crippen LogP contribution in [0, 0.1) is 22.7 Å². The molecule has 1 fully saturated rings. The van der Waals surface area contributed by atoms with Gasteiger partial charge in [0.1, 0.15) is 5.76 Å². The molecule has 26 heavy (non-hydrogen) atoms. The van der Waals surface area contributed by atoms with Crippen molar-refractivity contribution < 1.29 is 14.9 Å². The fourth-order valence-electron chi connectivity index (χ4n) is 4.12. The second-order valence-electron chi connectivity index (χ2n) is 10.6. The zero-order chi connectivity index (χ0) is 19.7. The van der Waals surface area contributed by atoms with Crippen LogP contribution in [0.4, 0.5) is 0 Å². The number of aliphatic hydroxyl groups excluding tert-OH is 2. The SMILES string of the molecule is CC1CCC(OCC(O)C2C=C(C(C)(C)C)C(O)=C(C(C)(C)C)C2)CC1. The van der Waals surface area contributed by atoms with E-state index in [1.807, 2.05) is 0 Å². The van der Waals surface area contributed by atoms with Crippen molar-refractivity contribution in [2.24, 2.45) is 22.7 Å². The summed E-state index contributed by atoms with van der Waals surface area (Å²) < 4.78 is 6.06. The van der Waals surface area contributed by atoms with Crippen molar-refractivity contribution in [3.63, 3.8) is 0 Å². The summed E-state index contributed by atoms with van der Waals surface area (Å²) in [4.78, 5) is 0. The van der Waals surface area contributed by atoms with Crippen LogP contribution in [-0.2, 0) is 4.74 Å². The lowest BCUT2D eigenvalue weighted by molar-refractivity contribution is -0.0411. The predicted octanol–water partition coefficient (Wildman–Crippen LogP) is 5.79. The van der Waals surface area contributed by atoms with Crippen molar-refractivity contribution in [2.75, 3.05) is 6.61 Å². The average Bonchev–Trinajstić information content (AvgIpc) is 2.52. The molecule has 3 nitrogen and oxygen atoms in total. The van der Waals surface area contributed by atoms with E-state index in [1.165, 1.54) is 12.8 Å². The van der Waals surface area contributed by atoms with E-state index < -0.39 is 6.10 Å². The molecule has 0 bridgehead atoms. The highest BCUT2D eigenvalue weighted by Gasteiger charge is 2.36. The van der Waals surface area contributed by atoms with Gasteiger partial charge in [0.25, 0.3) is 0 Å². The van der Waals surface area contributed by atoms with Gasteiger partial charge in [0.2, 0.25) is 0 Å². The summed E-state index contributed by atoms with van der Waals surface area (Å²) >= 11 is 0. The predicted molar refractivity (Wildman–Crippen MR) is 108 cm³/mol. The Morgan fingerprint density at radius 3 is 2.12 bits per heavy atom. The Kier molecular flexibility index (Phi) is 6.66. The first-order valence-electron chi connectivity index (χ1n) is 10.3. The fraction of sp³-hybridized carbons (Fsp3) is 0.826. The Hall–Kier alpha value is -0.800. The number of allylic oxidation sites excluding steroid dienone is 2. The summed E-state index contributed by atoms with van der Waals surface area (Å²) in [5.41, 5.74) is 1.72. The summed E-state index contributed by atoms with van der Waals surface area (Å²) in [5, 5.41) is 21.7. The fourth-order valence-corrected chi connectivity index (χ4v) is 4.12. The van der Waals surface area contributed by atoms with E-state index in [0.29, 0.717) is 24.9 Å². The lowest BCUT2D eigenvalue weighted by Crippen LogP contribution is -2.33. The van der Waals surface area contributed by atoms with Gasteiger partial charge in [-0.05, 0) is 60.0 Å². The van der Waals surface area contributed by atoms with E-state index in [2.05, 4.69) is 54.5 Å². The maximum atomic E-state index is 10.9. The molecule has 0 spiro atoms. The smallest absolute Gasteiger partial charge is 0.118 e. The van der Waals surface area contributed by atoms with Gasteiger partial charge in [-0.25, -0.2) is 0 Å². The van der Waals surface area contributed by atoms with Gasteiger partial charge in [-0.15, -0.1) is 0 Å². The molecular formula is C23H40O3. The monoisotopic (exact) mass is 364 g/mol. The minimum atomic E-state index is -0.530. The average molecular weight is 365 g/mol. The summed E-state index contributed by atoms with van der Waals surface area (Å²) in [6.45, 7) is 15.4. The third-order valence-electron chi connectivity index (χ3n) is 6.03. The Bertz CT molecular complexity index is 537. The third-order valence-corrected chi connectivity index (χ3v) is 6.03. The molecule has 150 valence electrons. The zero-order valence-electron chi connectivity index (χ0n) is 17.9. The van der Waals surface area contributed by atoms with Crippen molar-refractivity contribution in [2.45, 2.75) is 92.8 Å². The standard InChI is InChI=1S/C23H40O3/c1-15-8-10-17(11-9-15)26-14-20(24)16-12-18(22(2,3)4)21(25)19(13-16)23(5,6)7/h12,15-17,20,24-25H,8-11,13-14H2,1-7H3. The molecule has 0 aromatic heterocycles. The Balaban J connectivity index is 2.09. The van der Waals surface area contributed by atoms with Gasteiger partial charge < -0.3 is 14.9 Å². The van der Waals surface area contributed by atoms with Gasteiger partial charge in [0, 0.05) is 5.92 Å². The lowest BCUT2D eigenvalue weighted by atomic mass is 9.70. The zero-order valence-corrected chi connectivity index (χ0v) is 17.9. The molecule has 2 N–H and O–H groups in total. The van der Waals surface area contributed by atoms with Crippen molar-refractivity contribution in [1.29, 1.82) is 0 Å². The third kappa shape index (κ3) is 5.36. The van der Waals surface area contributed by atoms with E-state index in [1.54, 1.807) is 0 Å². The van der Waals surface area contributed by atoms with Crippen LogP contribution in [-0.4, -0.2) is 29.0 Å². The normalized spacial score (nSPS) is 29.5. The highest BCUT2D eigenvalue weighted by molar-refractivity contribution is 5.40. The van der Waals surface area contributed by atoms with Crippen LogP contribution >= 0.6 is 0 Å². The van der Waals surface area contributed by atoms with Crippen molar-refractivity contribution >= 4 is 0 Å². The molecule has 1 saturated carbocycles. The molecule has 2 rings (SSSR count). The summed E-state index contributed by atoms with van der Waals surface area (Å²) in [5.74, 6) is 1.23. The summed E-state index contributed by atoms with van der Waals surface area (Å²) in [6.07, 6.45) is 7.21. The maximum absolute atomic E-state index is 10.9. The maximum Gasteiger partial charge on any atom is 0.118 e. The van der Waals surface area contributed by atoms with E-state index in [-0.39, 0.29) is 16.7 Å². The number of rotatable bonds is 4.